The summed E-state index contributed by atoms with van der Waals surface area (Å²) in [6, 6.07) is 24.3. The van der Waals surface area contributed by atoms with Crippen LogP contribution in [0.4, 0.5) is 0 Å². The Labute approximate surface area is 246 Å². The van der Waals surface area contributed by atoms with E-state index in [-0.39, 0.29) is 31.9 Å². The van der Waals surface area contributed by atoms with E-state index >= 15 is 0 Å². The van der Waals surface area contributed by atoms with Gasteiger partial charge >= 0.3 is 0 Å². The molecular weight excluding hydrogens is 661 g/mol. The van der Waals surface area contributed by atoms with Crippen LogP contribution in [0.1, 0.15) is 58.2 Å². The van der Waals surface area contributed by atoms with E-state index in [1.807, 2.05) is 31.4 Å². The van der Waals surface area contributed by atoms with Crippen molar-refractivity contribution in [3.63, 3.8) is 0 Å². The minimum Gasteiger partial charge on any atom is -0.507 e. The van der Waals surface area contributed by atoms with Gasteiger partial charge in [-0.25, -0.2) is 4.98 Å². The first kappa shape index (κ1) is 28.8. The summed E-state index contributed by atoms with van der Waals surface area (Å²) in [5, 5.41) is 11.5. The van der Waals surface area contributed by atoms with Crippen LogP contribution in [-0.2, 0) is 38.9 Å². The molecule has 204 valence electrons. The van der Waals surface area contributed by atoms with Crippen molar-refractivity contribution in [1.29, 1.82) is 0 Å². The molecule has 5 heteroatoms. The Morgan fingerprint density at radius 2 is 1.51 bits per heavy atom. The average molecular weight is 698 g/mol. The number of imidazole rings is 1. The topological polar surface area (TPSA) is 50.9 Å². The number of hydrogen-bond donors (Lipinski definition) is 1. The van der Waals surface area contributed by atoms with Crippen molar-refractivity contribution in [3.05, 3.63) is 89.6 Å². The van der Waals surface area contributed by atoms with Gasteiger partial charge in [-0.15, -0.1) is 29.8 Å². The fraction of sp³-hybridized carbons (Fsp3) is 0.294. The van der Waals surface area contributed by atoms with E-state index in [4.69, 9.17) is 4.98 Å². The van der Waals surface area contributed by atoms with Gasteiger partial charge in [0.15, 0.2) is 0 Å². The zero-order valence-electron chi connectivity index (χ0n) is 24.0. The van der Waals surface area contributed by atoms with Gasteiger partial charge in [-0.2, -0.15) is 0 Å². The Morgan fingerprint density at radius 1 is 0.821 bits per heavy atom. The summed E-state index contributed by atoms with van der Waals surface area (Å²) in [7, 11) is 2.02. The van der Waals surface area contributed by atoms with Crippen molar-refractivity contribution in [2.45, 2.75) is 59.3 Å². The molecule has 0 saturated heterocycles. The molecule has 0 spiro atoms. The minimum absolute atomic E-state index is 0. The Morgan fingerprint density at radius 3 is 2.18 bits per heavy atom. The molecule has 2 heterocycles. The van der Waals surface area contributed by atoms with Crippen molar-refractivity contribution in [3.8, 4) is 39.5 Å². The van der Waals surface area contributed by atoms with E-state index < -0.39 is 0 Å². The minimum atomic E-state index is -0.213. The Balaban J connectivity index is 0.00000353. The van der Waals surface area contributed by atoms with Crippen LogP contribution < -0.4 is 0 Å². The third-order valence-corrected chi connectivity index (χ3v) is 7.21. The van der Waals surface area contributed by atoms with Gasteiger partial charge in [0.05, 0.1) is 16.6 Å². The van der Waals surface area contributed by atoms with Crippen LogP contribution in [0, 0.1) is 13.0 Å². The Bertz CT molecular complexity index is 1670. The van der Waals surface area contributed by atoms with E-state index in [0.717, 1.165) is 55.9 Å². The van der Waals surface area contributed by atoms with Gasteiger partial charge in [0.25, 0.3) is 0 Å². The van der Waals surface area contributed by atoms with E-state index in [0.29, 0.717) is 5.75 Å². The number of phenolic OH excluding ortho intramolecular Hbond substituents is 1. The molecule has 0 unspecified atom stereocenters. The van der Waals surface area contributed by atoms with Gasteiger partial charge in [0.1, 0.15) is 11.6 Å². The molecule has 4 nitrogen and oxygen atoms in total. The van der Waals surface area contributed by atoms with E-state index in [1.165, 1.54) is 5.56 Å². The molecule has 0 bridgehead atoms. The molecule has 0 radical (unpaired) electrons. The second-order valence-electron chi connectivity index (χ2n) is 12.3. The average Bonchev–Trinajstić information content (AvgIpc) is 3.19. The summed E-state index contributed by atoms with van der Waals surface area (Å²) in [6.45, 7) is 15.1. The smallest absolute Gasteiger partial charge is 0.143 e. The maximum Gasteiger partial charge on any atom is 0.143 e. The summed E-state index contributed by atoms with van der Waals surface area (Å²) in [6.07, 6.45) is 1.83. The van der Waals surface area contributed by atoms with Crippen molar-refractivity contribution in [1.82, 2.24) is 14.5 Å². The number of aromatic nitrogens is 3. The number of rotatable bonds is 3. The molecule has 5 aromatic rings. The number of fused-ring (bicyclic) bond motifs is 1. The quantitative estimate of drug-likeness (QED) is 0.193. The van der Waals surface area contributed by atoms with Crippen molar-refractivity contribution in [2.24, 2.45) is 7.05 Å². The fourth-order valence-corrected chi connectivity index (χ4v) is 4.94. The summed E-state index contributed by atoms with van der Waals surface area (Å²) in [4.78, 5) is 9.70. The van der Waals surface area contributed by atoms with Crippen LogP contribution >= 0.6 is 0 Å². The van der Waals surface area contributed by atoms with Gasteiger partial charge in [0.2, 0.25) is 0 Å². The van der Waals surface area contributed by atoms with Crippen LogP contribution in [0.15, 0.2) is 66.9 Å². The molecule has 0 aliphatic carbocycles. The van der Waals surface area contributed by atoms with Gasteiger partial charge in [-0.05, 0) is 41.5 Å². The van der Waals surface area contributed by atoms with E-state index in [9.17, 15) is 5.11 Å². The number of para-hydroxylation sites is 1. The molecule has 0 atom stereocenters. The maximum absolute atomic E-state index is 11.5. The van der Waals surface area contributed by atoms with Crippen LogP contribution in [0.3, 0.4) is 0 Å². The third-order valence-electron chi connectivity index (χ3n) is 7.21. The van der Waals surface area contributed by atoms with Crippen LogP contribution in [0.5, 0.6) is 5.75 Å². The number of aryl methyl sites for hydroxylation is 2. The van der Waals surface area contributed by atoms with Crippen LogP contribution in [0.25, 0.3) is 44.8 Å². The van der Waals surface area contributed by atoms with Crippen LogP contribution in [0.2, 0.25) is 0 Å². The molecular formula is C34H36N3OPt-. The zero-order valence-corrected chi connectivity index (χ0v) is 26.2. The largest absolute Gasteiger partial charge is 0.507 e. The second-order valence-corrected chi connectivity index (χ2v) is 12.3. The molecule has 2 aromatic heterocycles. The van der Waals surface area contributed by atoms with Gasteiger partial charge in [0, 0.05) is 45.6 Å². The van der Waals surface area contributed by atoms with Crippen molar-refractivity contribution >= 4 is 11.0 Å². The molecule has 5 rings (SSSR count). The monoisotopic (exact) mass is 697 g/mol. The number of phenols is 1. The van der Waals surface area contributed by atoms with Gasteiger partial charge < -0.3 is 9.67 Å². The van der Waals surface area contributed by atoms with E-state index in [1.54, 1.807) is 0 Å². The standard InChI is InChI=1S/C34H36N3O.Pt/c1-21-15-16-35-28(17-21)23-12-9-11-22(18-23)25-13-10-14-29-30(25)36-32(37(29)8)26-19-24(33(2,3)4)20-27(31(26)38)34(5,6)7;/h9-17,19-20,38H,1-8H3;/q-1;. The Kier molecular flexibility index (Phi) is 7.67. The second kappa shape index (κ2) is 10.4. The number of hydrogen-bond acceptors (Lipinski definition) is 3. The van der Waals surface area contributed by atoms with Crippen molar-refractivity contribution < 1.29 is 26.2 Å². The van der Waals surface area contributed by atoms with Crippen LogP contribution in [-0.4, -0.2) is 19.6 Å². The van der Waals surface area contributed by atoms with E-state index in [2.05, 4.69) is 107 Å². The molecule has 0 saturated carbocycles. The third kappa shape index (κ3) is 5.45. The number of nitrogens with zero attached hydrogens (tertiary/aromatic N) is 3. The Hall–Kier alpha value is -3.23. The predicted molar refractivity (Wildman–Crippen MR) is 157 cm³/mol. The number of pyridine rings is 1. The number of aromatic hydroxyl groups is 1. The summed E-state index contributed by atoms with van der Waals surface area (Å²) in [5.41, 5.74) is 9.44. The fourth-order valence-electron chi connectivity index (χ4n) is 4.94. The first-order valence-electron chi connectivity index (χ1n) is 13.1. The maximum atomic E-state index is 11.5. The molecule has 0 amide bonds. The molecule has 3 aromatic carbocycles. The van der Waals surface area contributed by atoms with Gasteiger partial charge in [-0.1, -0.05) is 82.5 Å². The molecule has 0 aliphatic rings. The summed E-state index contributed by atoms with van der Waals surface area (Å²) in [5.74, 6) is 1.04. The molecule has 39 heavy (non-hydrogen) atoms. The van der Waals surface area contributed by atoms with Gasteiger partial charge in [-0.3, -0.25) is 4.98 Å². The normalized spacial score (nSPS) is 12.0. The summed E-state index contributed by atoms with van der Waals surface area (Å²) >= 11 is 0. The molecule has 0 fully saturated rings. The molecule has 1 N–H and O–H groups in total. The predicted octanol–water partition coefficient (Wildman–Crippen LogP) is 8.38. The first-order valence-corrected chi connectivity index (χ1v) is 13.1. The summed E-state index contributed by atoms with van der Waals surface area (Å²) < 4.78 is 2.08. The zero-order chi connectivity index (χ0) is 27.4. The van der Waals surface area contributed by atoms with Crippen molar-refractivity contribution in [2.75, 3.05) is 0 Å². The SMILES string of the molecule is Cc1ccnc(-c2[c-]c(-c3cccc4c3nc(-c3cc(C(C)(C)C)cc(C(C)(C)C)c3O)n4C)ccc2)c1.[Pt]. The first-order chi connectivity index (χ1) is 17.8. The molecule has 0 aliphatic heterocycles. The number of benzene rings is 3.